The van der Waals surface area contributed by atoms with Crippen molar-refractivity contribution in [2.75, 3.05) is 13.1 Å². The molecule has 2 amide bonds. The summed E-state index contributed by atoms with van der Waals surface area (Å²) >= 11 is 6.68. The molecule has 3 aromatic heterocycles. The van der Waals surface area contributed by atoms with Gasteiger partial charge < -0.3 is 9.80 Å². The first-order chi connectivity index (χ1) is 21.4. The molecule has 8 rings (SSSR count). The van der Waals surface area contributed by atoms with E-state index in [2.05, 4.69) is 15.2 Å². The molecule has 2 N–H and O–H groups in total. The Balaban J connectivity index is 1.05. The third-order valence-corrected chi connectivity index (χ3v) is 10.3. The lowest BCUT2D eigenvalue weighted by molar-refractivity contribution is -0.909. The molecule has 5 heterocycles. The quantitative estimate of drug-likeness (QED) is 0.214. The number of carbonyl (C=O) groups is 2. The topological polar surface area (TPSA) is 106 Å². The molecule has 0 bridgehead atoms. The number of benzene rings is 2. The summed E-state index contributed by atoms with van der Waals surface area (Å²) < 4.78 is 1.24. The number of likely N-dealkylation sites (tertiary alicyclic amines) is 1. The Kier molecular flexibility index (Phi) is 6.34. The molecule has 1 saturated heterocycles. The van der Waals surface area contributed by atoms with E-state index in [9.17, 15) is 14.8 Å². The molecule has 2 aromatic carbocycles. The summed E-state index contributed by atoms with van der Waals surface area (Å²) in [5.74, 6) is 0.0976. The van der Waals surface area contributed by atoms with E-state index in [-0.39, 0.29) is 30.1 Å². The Morgan fingerprint density at radius 1 is 1.11 bits per heavy atom. The lowest BCUT2D eigenvalue weighted by Crippen LogP contribution is -2.44. The van der Waals surface area contributed by atoms with Crippen LogP contribution in [0.15, 0.2) is 73.3 Å². The third-order valence-electron chi connectivity index (χ3n) is 10.0. The minimum Gasteiger partial charge on any atom is -0.343 e. The van der Waals surface area contributed by atoms with Gasteiger partial charge in [0.2, 0.25) is 23.7 Å². The predicted octanol–water partition coefficient (Wildman–Crippen LogP) is 5.10. The third kappa shape index (κ3) is 4.40. The Morgan fingerprint density at radius 3 is 2.68 bits per heavy atom. The number of carbonyl (C=O) groups excluding carboxylic acids is 2. The summed E-state index contributed by atoms with van der Waals surface area (Å²) in [6, 6.07) is 15.8. The first-order valence-electron chi connectivity index (χ1n) is 15.2. The van der Waals surface area contributed by atoms with Crippen molar-refractivity contribution in [2.45, 2.75) is 50.6 Å². The Bertz CT molecular complexity index is 1940. The standard InChI is InChI=1S/C34H32ClN6O3/c35-29-14-25-27(26-17-37-38-32(26)29)20-40(18-21-5-9-36-10-6-21)33(43)34(15-28(25)34)16-31(42)39-11-7-22(8-12-39)30-13-23-3-1-2-4-24(23)19-41(30)44/h1-6,9-10,13-14,17,19,22,28,44H,7-8,11-12,15-16,18,20H2,(H,37,38)/q+1/t28-,34+/m1/s1. The molecule has 1 saturated carbocycles. The molecule has 9 nitrogen and oxygen atoms in total. The van der Waals surface area contributed by atoms with Gasteiger partial charge in [0.15, 0.2) is 0 Å². The molecule has 3 aliphatic rings. The number of piperidine rings is 1. The van der Waals surface area contributed by atoms with Crippen LogP contribution in [-0.4, -0.2) is 55.1 Å². The molecule has 222 valence electrons. The van der Waals surface area contributed by atoms with Gasteiger partial charge in [0.25, 0.3) is 0 Å². The molecule has 0 spiro atoms. The maximum atomic E-state index is 14.4. The zero-order valence-corrected chi connectivity index (χ0v) is 24.9. The van der Waals surface area contributed by atoms with Crippen molar-refractivity contribution in [3.63, 3.8) is 0 Å². The number of pyridine rings is 2. The van der Waals surface area contributed by atoms with Gasteiger partial charge in [0, 0.05) is 67.1 Å². The summed E-state index contributed by atoms with van der Waals surface area (Å²) in [6.45, 7) is 2.03. The lowest BCUT2D eigenvalue weighted by Gasteiger charge is -2.32. The molecule has 2 aliphatic heterocycles. The molecule has 5 aromatic rings. The highest BCUT2D eigenvalue weighted by Gasteiger charge is 2.64. The zero-order valence-electron chi connectivity index (χ0n) is 24.1. The van der Waals surface area contributed by atoms with Crippen molar-refractivity contribution in [3.8, 4) is 0 Å². The van der Waals surface area contributed by atoms with E-state index in [4.69, 9.17) is 11.6 Å². The molecule has 10 heteroatoms. The van der Waals surface area contributed by atoms with E-state index < -0.39 is 5.41 Å². The number of nitrogens with zero attached hydrogens (tertiary/aromatic N) is 5. The van der Waals surface area contributed by atoms with Crippen molar-refractivity contribution in [3.05, 3.63) is 101 Å². The monoisotopic (exact) mass is 607 g/mol. The normalized spacial score (nSPS) is 21.8. The average molecular weight is 608 g/mol. The van der Waals surface area contributed by atoms with Crippen LogP contribution in [0.3, 0.4) is 0 Å². The number of aromatic nitrogens is 4. The Hall–Kier alpha value is -4.50. The van der Waals surface area contributed by atoms with Crippen molar-refractivity contribution in [1.29, 1.82) is 0 Å². The maximum absolute atomic E-state index is 14.4. The van der Waals surface area contributed by atoms with Crippen LogP contribution >= 0.6 is 11.6 Å². The van der Waals surface area contributed by atoms with Crippen LogP contribution in [0.2, 0.25) is 5.02 Å². The van der Waals surface area contributed by atoms with Crippen LogP contribution in [0.5, 0.6) is 0 Å². The summed E-state index contributed by atoms with van der Waals surface area (Å²) in [7, 11) is 0. The van der Waals surface area contributed by atoms with Gasteiger partial charge >= 0.3 is 0 Å². The minimum atomic E-state index is -0.792. The van der Waals surface area contributed by atoms with E-state index in [1.165, 1.54) is 4.73 Å². The second kappa shape index (κ2) is 10.3. The zero-order chi connectivity index (χ0) is 30.0. The van der Waals surface area contributed by atoms with Gasteiger partial charge in [-0.15, -0.1) is 0 Å². The predicted molar refractivity (Wildman–Crippen MR) is 164 cm³/mol. The molecular formula is C34H32ClN6O3+. The fourth-order valence-corrected chi connectivity index (χ4v) is 7.83. The number of rotatable bonds is 5. The first-order valence-corrected chi connectivity index (χ1v) is 15.5. The van der Waals surface area contributed by atoms with Crippen LogP contribution < -0.4 is 4.73 Å². The number of halogens is 1. The fraction of sp³-hybridized carbons (Fsp3) is 0.324. The van der Waals surface area contributed by atoms with E-state index in [1.807, 2.05) is 58.3 Å². The second-order valence-electron chi connectivity index (χ2n) is 12.5. The number of hydrogen-bond acceptors (Lipinski definition) is 5. The number of H-pyrrole nitrogens is 1. The van der Waals surface area contributed by atoms with E-state index in [0.29, 0.717) is 37.6 Å². The van der Waals surface area contributed by atoms with Gasteiger partial charge in [-0.25, -0.2) is 0 Å². The number of aromatic amines is 1. The number of hydrogen-bond donors (Lipinski definition) is 2. The lowest BCUT2D eigenvalue weighted by atomic mass is 9.90. The molecule has 2 atom stereocenters. The van der Waals surface area contributed by atoms with E-state index >= 15 is 0 Å². The summed E-state index contributed by atoms with van der Waals surface area (Å²) in [5, 5.41) is 21.5. The van der Waals surface area contributed by atoms with Crippen molar-refractivity contribution >= 4 is 45.1 Å². The van der Waals surface area contributed by atoms with Crippen LogP contribution in [0.1, 0.15) is 59.9 Å². The highest BCUT2D eigenvalue weighted by Crippen LogP contribution is 2.65. The van der Waals surface area contributed by atoms with E-state index in [1.54, 1.807) is 24.8 Å². The molecular weight excluding hydrogens is 576 g/mol. The molecule has 2 fully saturated rings. The van der Waals surface area contributed by atoms with Crippen LogP contribution in [-0.2, 0) is 22.7 Å². The average Bonchev–Trinajstić information content (AvgIpc) is 3.55. The van der Waals surface area contributed by atoms with Gasteiger partial charge in [-0.05, 0) is 65.6 Å². The number of nitrogens with one attached hydrogen (secondary N) is 1. The van der Waals surface area contributed by atoms with Gasteiger partial charge in [-0.3, -0.25) is 24.9 Å². The Labute approximate surface area is 259 Å². The van der Waals surface area contributed by atoms with Gasteiger partial charge in [0.05, 0.1) is 33.5 Å². The molecule has 44 heavy (non-hydrogen) atoms. The largest absolute Gasteiger partial charge is 0.343 e. The van der Waals surface area contributed by atoms with Gasteiger partial charge in [-0.1, -0.05) is 29.8 Å². The minimum absolute atomic E-state index is 0.0116. The van der Waals surface area contributed by atoms with Crippen LogP contribution in [0, 0.1) is 5.41 Å². The highest BCUT2D eigenvalue weighted by atomic mass is 35.5. The Morgan fingerprint density at radius 2 is 1.89 bits per heavy atom. The SMILES string of the molecule is O=C(C[C@@]12C[C@@H]1c1cc(Cl)c3[nH]ncc3c1CN(Cc1ccncc1)C2=O)N1CCC(c2cc3ccccc3c[n+]2O)CC1. The summed E-state index contributed by atoms with van der Waals surface area (Å²) in [4.78, 5) is 36.2. The van der Waals surface area contributed by atoms with Crippen molar-refractivity contribution < 1.29 is 19.5 Å². The van der Waals surface area contributed by atoms with E-state index in [0.717, 1.165) is 56.9 Å². The second-order valence-corrected chi connectivity index (χ2v) is 12.9. The van der Waals surface area contributed by atoms with Crippen molar-refractivity contribution in [2.24, 2.45) is 5.41 Å². The molecule has 1 aliphatic carbocycles. The highest BCUT2D eigenvalue weighted by molar-refractivity contribution is 6.35. The van der Waals surface area contributed by atoms with Gasteiger partial charge in [0.1, 0.15) is 0 Å². The summed E-state index contributed by atoms with van der Waals surface area (Å²) in [6.07, 6.45) is 9.30. The smallest absolute Gasteiger partial charge is 0.237 e. The fourth-order valence-electron chi connectivity index (χ4n) is 7.57. The first kappa shape index (κ1) is 27.1. The van der Waals surface area contributed by atoms with Gasteiger partial charge in [-0.2, -0.15) is 5.10 Å². The van der Waals surface area contributed by atoms with Crippen molar-refractivity contribution in [1.82, 2.24) is 25.0 Å². The summed E-state index contributed by atoms with van der Waals surface area (Å²) in [5.41, 5.74) is 3.92. The number of fused-ring (bicyclic) bond motifs is 6. The maximum Gasteiger partial charge on any atom is 0.237 e. The van der Waals surface area contributed by atoms with Crippen LogP contribution in [0.25, 0.3) is 21.7 Å². The molecule has 0 radical (unpaired) electrons. The van der Waals surface area contributed by atoms with Crippen LogP contribution in [0.4, 0.5) is 0 Å². The number of amides is 2. The molecule has 0 unspecified atom stereocenters.